The van der Waals surface area contributed by atoms with E-state index < -0.39 is 20.0 Å². The summed E-state index contributed by atoms with van der Waals surface area (Å²) in [7, 11) is 1.56. The Morgan fingerprint density at radius 2 is 1.32 bits per heavy atom. The highest BCUT2D eigenvalue weighted by molar-refractivity contribution is 7.47. The molecule has 0 fully saturated rings. The van der Waals surface area contributed by atoms with E-state index in [9.17, 15) is 19.4 Å². The zero-order valence-electron chi connectivity index (χ0n) is 27.0. The van der Waals surface area contributed by atoms with Gasteiger partial charge in [-0.25, -0.2) is 4.57 Å². The number of unbranched alkanes of at least 4 members (excludes halogenated alkanes) is 13. The Hall–Kier alpha value is -1.02. The van der Waals surface area contributed by atoms with Gasteiger partial charge in [-0.2, -0.15) is 0 Å². The first-order chi connectivity index (χ1) is 19.5. The Kier molecular flexibility index (Phi) is 24.8. The number of hydrogen-bond acceptors (Lipinski definition) is 5. The summed E-state index contributed by atoms with van der Waals surface area (Å²) in [6, 6.07) is -0.842. The van der Waals surface area contributed by atoms with Crippen molar-refractivity contribution in [2.24, 2.45) is 0 Å². The molecule has 0 aliphatic rings. The molecule has 41 heavy (non-hydrogen) atoms. The van der Waals surface area contributed by atoms with E-state index in [4.69, 9.17) is 9.05 Å². The van der Waals surface area contributed by atoms with Crippen LogP contribution in [0.2, 0.25) is 0 Å². The van der Waals surface area contributed by atoms with Crippen LogP contribution in [0, 0.1) is 0 Å². The van der Waals surface area contributed by atoms with Crippen molar-refractivity contribution in [1.29, 1.82) is 0 Å². The van der Waals surface area contributed by atoms with Gasteiger partial charge in [0.25, 0.3) is 0 Å². The molecule has 3 unspecified atom stereocenters. The maximum absolute atomic E-state index is 12.6. The first-order valence-corrected chi connectivity index (χ1v) is 17.7. The third kappa shape index (κ3) is 27.6. The summed E-state index contributed by atoms with van der Waals surface area (Å²) in [5, 5.41) is 13.5. The number of phosphoric ester groups is 1. The lowest BCUT2D eigenvalue weighted by molar-refractivity contribution is -0.870. The fraction of sp³-hybridized carbons (Fsp3) is 0.844. The zero-order chi connectivity index (χ0) is 30.8. The van der Waals surface area contributed by atoms with E-state index in [1.807, 2.05) is 27.2 Å². The van der Waals surface area contributed by atoms with Crippen molar-refractivity contribution < 1.29 is 32.9 Å². The van der Waals surface area contributed by atoms with Gasteiger partial charge in [0, 0.05) is 6.42 Å². The molecule has 0 heterocycles. The molecule has 0 aliphatic heterocycles. The highest BCUT2D eigenvalue weighted by atomic mass is 31.2. The van der Waals surface area contributed by atoms with Crippen LogP contribution < -0.4 is 5.32 Å². The van der Waals surface area contributed by atoms with Gasteiger partial charge in [0.15, 0.2) is 0 Å². The second-order valence-corrected chi connectivity index (χ2v) is 13.6. The summed E-state index contributed by atoms with van der Waals surface area (Å²) in [5.74, 6) is -0.197. The number of amides is 1. The molecule has 9 heteroatoms. The molecule has 0 rings (SSSR count). The fourth-order valence-corrected chi connectivity index (χ4v) is 4.94. The first kappa shape index (κ1) is 40.0. The van der Waals surface area contributed by atoms with Crippen LogP contribution in [-0.2, 0) is 18.4 Å². The van der Waals surface area contributed by atoms with E-state index in [1.54, 1.807) is 6.08 Å². The standard InChI is InChI=1S/C32H63N2O6P/c1-6-8-10-12-13-14-15-16-17-18-19-20-22-24-26-32(36)33-30(31(35)25-23-21-11-9-7-2)29-40-41(37,38)39-28-27-34(3,4)5/h15-16,23,25,30-31,35H,6-14,17-22,24,26-29H2,1-5H3,(H-,33,36,37,38)/p+1/b16-15-,25-23+. The number of likely N-dealkylation sites (N-methyl/N-ethyl adjacent to an activating group) is 1. The number of allylic oxidation sites excluding steroid dienone is 3. The van der Waals surface area contributed by atoms with Crippen molar-refractivity contribution in [3.8, 4) is 0 Å². The van der Waals surface area contributed by atoms with Crippen molar-refractivity contribution in [3.63, 3.8) is 0 Å². The number of nitrogens with zero attached hydrogens (tertiary/aromatic N) is 1. The second-order valence-electron chi connectivity index (χ2n) is 12.2. The summed E-state index contributed by atoms with van der Waals surface area (Å²) in [6.07, 6.45) is 25.6. The van der Waals surface area contributed by atoms with Crippen LogP contribution in [0.15, 0.2) is 24.3 Å². The van der Waals surface area contributed by atoms with Crippen LogP contribution in [0.3, 0.4) is 0 Å². The molecule has 0 aromatic carbocycles. The minimum atomic E-state index is -4.31. The van der Waals surface area contributed by atoms with Crippen LogP contribution in [0.4, 0.5) is 0 Å². The topological polar surface area (TPSA) is 105 Å². The fourth-order valence-electron chi connectivity index (χ4n) is 4.21. The minimum absolute atomic E-state index is 0.0591. The van der Waals surface area contributed by atoms with Crippen LogP contribution in [0.25, 0.3) is 0 Å². The van der Waals surface area contributed by atoms with Gasteiger partial charge in [0.2, 0.25) is 5.91 Å². The summed E-state index contributed by atoms with van der Waals surface area (Å²) >= 11 is 0. The van der Waals surface area contributed by atoms with Crippen molar-refractivity contribution in [2.45, 2.75) is 135 Å². The lowest BCUT2D eigenvalue weighted by Crippen LogP contribution is -2.45. The Balaban J connectivity index is 4.45. The van der Waals surface area contributed by atoms with Crippen molar-refractivity contribution >= 4 is 13.7 Å². The number of carbonyl (C=O) groups excluding carboxylic acids is 1. The highest BCUT2D eigenvalue weighted by Gasteiger charge is 2.27. The largest absolute Gasteiger partial charge is 0.472 e. The Labute approximate surface area is 252 Å². The van der Waals surface area contributed by atoms with E-state index >= 15 is 0 Å². The average molecular weight is 604 g/mol. The van der Waals surface area contributed by atoms with Gasteiger partial charge in [0.05, 0.1) is 39.9 Å². The maximum atomic E-state index is 12.6. The Morgan fingerprint density at radius 3 is 1.93 bits per heavy atom. The average Bonchev–Trinajstić information content (AvgIpc) is 2.90. The monoisotopic (exact) mass is 603 g/mol. The second kappa shape index (κ2) is 25.5. The molecule has 242 valence electrons. The predicted octanol–water partition coefficient (Wildman–Crippen LogP) is 7.46. The third-order valence-electron chi connectivity index (χ3n) is 6.92. The van der Waals surface area contributed by atoms with Crippen LogP contribution >= 0.6 is 7.82 Å². The van der Waals surface area contributed by atoms with E-state index in [-0.39, 0.29) is 19.1 Å². The Morgan fingerprint density at radius 1 is 0.805 bits per heavy atom. The molecule has 0 spiro atoms. The summed E-state index contributed by atoms with van der Waals surface area (Å²) in [4.78, 5) is 22.7. The zero-order valence-corrected chi connectivity index (χ0v) is 27.9. The molecule has 0 aromatic rings. The highest BCUT2D eigenvalue weighted by Crippen LogP contribution is 2.43. The van der Waals surface area contributed by atoms with E-state index in [2.05, 4.69) is 31.3 Å². The molecule has 0 aromatic heterocycles. The molecule has 0 aliphatic carbocycles. The molecule has 0 saturated carbocycles. The molecule has 8 nitrogen and oxygen atoms in total. The van der Waals surface area contributed by atoms with Crippen molar-refractivity contribution in [1.82, 2.24) is 5.32 Å². The van der Waals surface area contributed by atoms with Gasteiger partial charge in [-0.15, -0.1) is 0 Å². The van der Waals surface area contributed by atoms with Crippen LogP contribution in [-0.4, -0.2) is 73.4 Å². The molecule has 0 bridgehead atoms. The first-order valence-electron chi connectivity index (χ1n) is 16.2. The number of aliphatic hydroxyl groups excluding tert-OH is 1. The van der Waals surface area contributed by atoms with E-state index in [0.29, 0.717) is 17.4 Å². The van der Waals surface area contributed by atoms with Crippen LogP contribution in [0.5, 0.6) is 0 Å². The summed E-state index contributed by atoms with van der Waals surface area (Å²) in [5.41, 5.74) is 0. The van der Waals surface area contributed by atoms with E-state index in [1.165, 1.54) is 44.9 Å². The number of quaternary nitrogens is 1. The van der Waals surface area contributed by atoms with E-state index in [0.717, 1.165) is 57.8 Å². The molecule has 0 saturated heterocycles. The van der Waals surface area contributed by atoms with Gasteiger partial charge in [0.1, 0.15) is 13.2 Å². The smallest absolute Gasteiger partial charge is 0.387 e. The number of hydrogen-bond donors (Lipinski definition) is 3. The molecule has 0 radical (unpaired) electrons. The van der Waals surface area contributed by atoms with Crippen molar-refractivity contribution in [2.75, 3.05) is 40.9 Å². The molecular formula is C32H64N2O6P+. The number of aliphatic hydroxyl groups is 1. The van der Waals surface area contributed by atoms with Gasteiger partial charge >= 0.3 is 7.82 Å². The summed E-state index contributed by atoms with van der Waals surface area (Å²) in [6.45, 7) is 4.65. The molecule has 3 N–H and O–H groups in total. The van der Waals surface area contributed by atoms with Crippen molar-refractivity contribution in [3.05, 3.63) is 24.3 Å². The maximum Gasteiger partial charge on any atom is 0.472 e. The lowest BCUT2D eigenvalue weighted by Gasteiger charge is -2.25. The molecular weight excluding hydrogens is 539 g/mol. The number of carbonyl (C=O) groups is 1. The Bertz CT molecular complexity index is 738. The lowest BCUT2D eigenvalue weighted by atomic mass is 10.1. The number of nitrogens with one attached hydrogen (secondary N) is 1. The van der Waals surface area contributed by atoms with Crippen LogP contribution in [0.1, 0.15) is 123 Å². The summed E-state index contributed by atoms with van der Waals surface area (Å²) < 4.78 is 23.2. The number of rotatable bonds is 28. The van der Waals surface area contributed by atoms with Gasteiger partial charge in [-0.1, -0.05) is 95.9 Å². The quantitative estimate of drug-likeness (QED) is 0.0371. The third-order valence-corrected chi connectivity index (χ3v) is 7.90. The SMILES string of the molecule is CCCCC/C=C/C(O)C(COP(=O)(O)OCC[N+](C)(C)C)NC(=O)CCCCCCC/C=C\CCCCCCC. The normalized spacial score (nSPS) is 15.4. The predicted molar refractivity (Wildman–Crippen MR) is 171 cm³/mol. The molecule has 1 amide bonds. The van der Waals surface area contributed by atoms with Gasteiger partial charge < -0.3 is 19.8 Å². The number of phosphoric acid groups is 1. The molecule has 3 atom stereocenters. The minimum Gasteiger partial charge on any atom is -0.387 e. The van der Waals surface area contributed by atoms with Gasteiger partial charge in [-0.3, -0.25) is 13.8 Å². The van der Waals surface area contributed by atoms with Gasteiger partial charge in [-0.05, 0) is 44.9 Å².